The number of anilines is 2. The summed E-state index contributed by atoms with van der Waals surface area (Å²) in [7, 11) is 0. The number of ether oxygens (including phenoxy) is 1. The van der Waals surface area contributed by atoms with Gasteiger partial charge in [0.25, 0.3) is 0 Å². The number of benzene rings is 2. The molecule has 1 aliphatic heterocycles. The van der Waals surface area contributed by atoms with Gasteiger partial charge in [-0.15, -0.1) is 0 Å². The van der Waals surface area contributed by atoms with Crippen LogP contribution in [0.2, 0.25) is 0 Å². The number of para-hydroxylation sites is 1. The minimum Gasteiger partial charge on any atom is -0.439 e. The molecule has 1 fully saturated rings. The first-order valence-electron chi connectivity index (χ1n) is 10.2. The third-order valence-electron chi connectivity index (χ3n) is 4.96. The Kier molecular flexibility index (Phi) is 6.39. The number of aromatic nitrogens is 2. The molecule has 0 aliphatic carbocycles. The van der Waals surface area contributed by atoms with E-state index in [9.17, 15) is 0 Å². The van der Waals surface area contributed by atoms with Crippen LogP contribution in [0.5, 0.6) is 11.6 Å². The molecule has 2 N–H and O–H groups in total. The fraction of sp³-hybridized carbons (Fsp3) is 0.261. The van der Waals surface area contributed by atoms with E-state index >= 15 is 0 Å². The zero-order chi connectivity index (χ0) is 20.8. The molecule has 30 heavy (non-hydrogen) atoms. The molecule has 1 atom stereocenters. The largest absolute Gasteiger partial charge is 0.439 e. The quantitative estimate of drug-likeness (QED) is 0.550. The van der Waals surface area contributed by atoms with Crippen LogP contribution in [0, 0.1) is 0 Å². The Balaban J connectivity index is 1.51. The van der Waals surface area contributed by atoms with Crippen LogP contribution >= 0.6 is 12.2 Å². The van der Waals surface area contributed by atoms with Crippen LogP contribution in [0.3, 0.4) is 0 Å². The first kappa shape index (κ1) is 20.1. The van der Waals surface area contributed by atoms with Gasteiger partial charge < -0.3 is 20.3 Å². The molecule has 2 heterocycles. The second-order valence-electron chi connectivity index (χ2n) is 7.23. The number of hydrogen-bond donors (Lipinski definition) is 2. The van der Waals surface area contributed by atoms with Gasteiger partial charge >= 0.3 is 0 Å². The number of rotatable bonds is 6. The molecule has 7 heteroatoms. The Hall–Kier alpha value is -3.19. The van der Waals surface area contributed by atoms with Crippen molar-refractivity contribution in [2.75, 3.05) is 23.3 Å². The van der Waals surface area contributed by atoms with Gasteiger partial charge in [-0.25, -0.2) is 0 Å². The van der Waals surface area contributed by atoms with Crippen molar-refractivity contribution in [2.45, 2.75) is 25.8 Å². The monoisotopic (exact) mass is 419 g/mol. The molecule has 0 bridgehead atoms. The van der Waals surface area contributed by atoms with Crippen molar-refractivity contribution >= 4 is 29.1 Å². The molecule has 0 spiro atoms. The van der Waals surface area contributed by atoms with Gasteiger partial charge in [0.2, 0.25) is 11.8 Å². The molecule has 0 radical (unpaired) electrons. The lowest BCUT2D eigenvalue weighted by atomic mass is 10.1. The van der Waals surface area contributed by atoms with Crippen LogP contribution < -0.4 is 20.3 Å². The number of thiocarbonyl (C=S) groups is 1. The average Bonchev–Trinajstić information content (AvgIpc) is 3.30. The fourth-order valence-electron chi connectivity index (χ4n) is 3.40. The van der Waals surface area contributed by atoms with Crippen molar-refractivity contribution in [3.8, 4) is 11.6 Å². The summed E-state index contributed by atoms with van der Waals surface area (Å²) in [5.74, 6) is 2.48. The van der Waals surface area contributed by atoms with Gasteiger partial charge in [-0.2, -0.15) is 9.97 Å². The van der Waals surface area contributed by atoms with Crippen molar-refractivity contribution < 1.29 is 4.74 Å². The Morgan fingerprint density at radius 2 is 1.67 bits per heavy atom. The summed E-state index contributed by atoms with van der Waals surface area (Å²) in [6, 6.07) is 21.7. The minimum atomic E-state index is 0.0630. The lowest BCUT2D eigenvalue weighted by Gasteiger charge is -2.20. The molecule has 1 saturated heterocycles. The van der Waals surface area contributed by atoms with Gasteiger partial charge in [0, 0.05) is 19.2 Å². The molecule has 0 unspecified atom stereocenters. The highest BCUT2D eigenvalue weighted by Crippen LogP contribution is 2.26. The van der Waals surface area contributed by atoms with E-state index in [0.29, 0.717) is 16.9 Å². The van der Waals surface area contributed by atoms with Crippen LogP contribution in [-0.4, -0.2) is 28.2 Å². The van der Waals surface area contributed by atoms with Crippen molar-refractivity contribution in [1.82, 2.24) is 15.3 Å². The molecule has 154 valence electrons. The molecule has 1 aliphatic rings. The maximum atomic E-state index is 5.97. The number of hydrogen-bond acceptors (Lipinski definition) is 5. The van der Waals surface area contributed by atoms with Gasteiger partial charge in [0.15, 0.2) is 5.11 Å². The molecule has 0 amide bonds. The highest BCUT2D eigenvalue weighted by atomic mass is 32.1. The van der Waals surface area contributed by atoms with E-state index in [-0.39, 0.29) is 6.04 Å². The topological polar surface area (TPSA) is 62.3 Å². The normalized spacial score (nSPS) is 14.2. The zero-order valence-corrected chi connectivity index (χ0v) is 17.7. The van der Waals surface area contributed by atoms with E-state index in [2.05, 4.69) is 44.6 Å². The van der Waals surface area contributed by atoms with Crippen molar-refractivity contribution in [1.29, 1.82) is 0 Å². The standard InChI is InChI=1S/C23H25N5OS/c1-17(18-10-4-2-5-11-18)24-23(30)27-22-25-20(28-14-8-9-15-28)16-21(26-22)29-19-12-6-3-7-13-19/h2-7,10-13,16-17H,8-9,14-15H2,1H3,(H2,24,25,26,27,30)/t17-/m0/s1. The summed E-state index contributed by atoms with van der Waals surface area (Å²) >= 11 is 5.51. The molecular weight excluding hydrogens is 394 g/mol. The molecule has 3 aromatic rings. The second kappa shape index (κ2) is 9.54. The van der Waals surface area contributed by atoms with Crippen LogP contribution in [0.4, 0.5) is 11.8 Å². The van der Waals surface area contributed by atoms with Crippen LogP contribution in [-0.2, 0) is 0 Å². The van der Waals surface area contributed by atoms with Crippen molar-refractivity contribution in [2.24, 2.45) is 0 Å². The van der Waals surface area contributed by atoms with E-state index < -0.39 is 0 Å². The van der Waals surface area contributed by atoms with Crippen molar-refractivity contribution in [3.63, 3.8) is 0 Å². The maximum absolute atomic E-state index is 5.97. The van der Waals surface area contributed by atoms with Crippen LogP contribution in [0.25, 0.3) is 0 Å². The predicted molar refractivity (Wildman–Crippen MR) is 124 cm³/mol. The second-order valence-corrected chi connectivity index (χ2v) is 7.64. The van der Waals surface area contributed by atoms with Crippen LogP contribution in [0.15, 0.2) is 66.7 Å². The summed E-state index contributed by atoms with van der Waals surface area (Å²) < 4.78 is 5.97. The van der Waals surface area contributed by atoms with Crippen LogP contribution in [0.1, 0.15) is 31.4 Å². The third-order valence-corrected chi connectivity index (χ3v) is 5.18. The smallest absolute Gasteiger partial charge is 0.234 e. The van der Waals surface area contributed by atoms with E-state index in [0.717, 1.165) is 43.1 Å². The molecule has 6 nitrogen and oxygen atoms in total. The fourth-order valence-corrected chi connectivity index (χ4v) is 3.67. The Morgan fingerprint density at radius 3 is 2.37 bits per heavy atom. The highest BCUT2D eigenvalue weighted by molar-refractivity contribution is 7.80. The summed E-state index contributed by atoms with van der Waals surface area (Å²) in [4.78, 5) is 11.4. The summed E-state index contributed by atoms with van der Waals surface area (Å²) in [6.45, 7) is 4.03. The predicted octanol–water partition coefficient (Wildman–Crippen LogP) is 4.92. The van der Waals surface area contributed by atoms with E-state index in [1.807, 2.05) is 54.6 Å². The lowest BCUT2D eigenvalue weighted by molar-refractivity contribution is 0.462. The third kappa shape index (κ3) is 5.24. The molecule has 1 aromatic heterocycles. The molecular formula is C23H25N5OS. The molecule has 4 rings (SSSR count). The van der Waals surface area contributed by atoms with E-state index in [1.54, 1.807) is 0 Å². The van der Waals surface area contributed by atoms with E-state index in [1.165, 1.54) is 0 Å². The zero-order valence-electron chi connectivity index (χ0n) is 16.9. The van der Waals surface area contributed by atoms with E-state index in [4.69, 9.17) is 17.0 Å². The number of nitrogens with one attached hydrogen (secondary N) is 2. The lowest BCUT2D eigenvalue weighted by Crippen LogP contribution is -2.31. The maximum Gasteiger partial charge on any atom is 0.234 e. The van der Waals surface area contributed by atoms with Gasteiger partial charge in [0.1, 0.15) is 11.6 Å². The minimum absolute atomic E-state index is 0.0630. The Labute approximate surface area is 182 Å². The number of nitrogens with zero attached hydrogens (tertiary/aromatic N) is 3. The first-order chi connectivity index (χ1) is 14.7. The summed E-state index contributed by atoms with van der Waals surface area (Å²) in [6.07, 6.45) is 2.33. The van der Waals surface area contributed by atoms with Gasteiger partial charge in [-0.3, -0.25) is 0 Å². The summed E-state index contributed by atoms with van der Waals surface area (Å²) in [5, 5.41) is 6.88. The SMILES string of the molecule is C[C@H](NC(=S)Nc1nc(Oc2ccccc2)cc(N2CCCC2)n1)c1ccccc1. The average molecular weight is 420 g/mol. The Bertz CT molecular complexity index is 977. The highest BCUT2D eigenvalue weighted by Gasteiger charge is 2.17. The Morgan fingerprint density at radius 1 is 1.00 bits per heavy atom. The van der Waals surface area contributed by atoms with Crippen molar-refractivity contribution in [3.05, 3.63) is 72.3 Å². The molecule has 0 saturated carbocycles. The first-order valence-corrected chi connectivity index (χ1v) is 10.6. The summed E-state index contributed by atoms with van der Waals surface area (Å²) in [5.41, 5.74) is 1.15. The van der Waals surface area contributed by atoms with Gasteiger partial charge in [-0.1, -0.05) is 48.5 Å². The van der Waals surface area contributed by atoms with Gasteiger partial charge in [0.05, 0.1) is 6.04 Å². The van der Waals surface area contributed by atoms with Gasteiger partial charge in [-0.05, 0) is 49.7 Å². The molecule has 2 aromatic carbocycles.